The van der Waals surface area contributed by atoms with E-state index in [1.165, 1.54) is 10.6 Å². The molecule has 0 fully saturated rings. The number of fused-ring (bicyclic) bond motifs is 2. The number of benzene rings is 2. The van der Waals surface area contributed by atoms with Crippen LogP contribution in [0.2, 0.25) is 0 Å². The van der Waals surface area contributed by atoms with Gasteiger partial charge in [0.25, 0.3) is 0 Å². The van der Waals surface area contributed by atoms with Crippen LogP contribution in [-0.2, 0) is 24.3 Å². The molecule has 0 saturated carbocycles. The lowest BCUT2D eigenvalue weighted by Crippen LogP contribution is -2.37. The van der Waals surface area contributed by atoms with E-state index in [2.05, 4.69) is 0 Å². The number of rotatable bonds is 3. The highest BCUT2D eigenvalue weighted by Crippen LogP contribution is 2.22. The lowest BCUT2D eigenvalue weighted by molar-refractivity contribution is -0.132. The van der Waals surface area contributed by atoms with Crippen LogP contribution in [0.5, 0.6) is 0 Å². The summed E-state index contributed by atoms with van der Waals surface area (Å²) >= 11 is 0. The molecule has 0 bridgehead atoms. The predicted molar refractivity (Wildman–Crippen MR) is 90.6 cm³/mol. The van der Waals surface area contributed by atoms with E-state index in [-0.39, 0.29) is 31.2 Å². The van der Waals surface area contributed by atoms with E-state index in [0.717, 1.165) is 5.56 Å². The van der Waals surface area contributed by atoms with Crippen molar-refractivity contribution in [1.82, 2.24) is 9.47 Å². The normalized spacial score (nSPS) is 13.9. The number of carbonyl (C=O) groups excluding carboxylic acids is 1. The van der Waals surface area contributed by atoms with Crippen molar-refractivity contribution in [3.05, 3.63) is 70.0 Å². The van der Waals surface area contributed by atoms with Crippen molar-refractivity contribution in [2.75, 3.05) is 6.54 Å². The Morgan fingerprint density at radius 1 is 1.16 bits per heavy atom. The Morgan fingerprint density at radius 2 is 2.00 bits per heavy atom. The summed E-state index contributed by atoms with van der Waals surface area (Å²) < 4.78 is 20.6. The molecular weight excluding hydrogens is 323 g/mol. The van der Waals surface area contributed by atoms with Crippen LogP contribution in [-0.4, -0.2) is 21.9 Å². The van der Waals surface area contributed by atoms with Crippen LogP contribution in [0.3, 0.4) is 0 Å². The van der Waals surface area contributed by atoms with E-state index in [4.69, 9.17) is 4.42 Å². The van der Waals surface area contributed by atoms with Crippen LogP contribution in [0.25, 0.3) is 11.1 Å². The minimum absolute atomic E-state index is 0.0916. The van der Waals surface area contributed by atoms with Gasteiger partial charge in [-0.1, -0.05) is 24.3 Å². The number of nitrogens with zero attached hydrogens (tertiary/aromatic N) is 2. The highest BCUT2D eigenvalue weighted by atomic mass is 19.1. The lowest BCUT2D eigenvalue weighted by atomic mass is 9.99. The minimum Gasteiger partial charge on any atom is -0.408 e. The molecular formula is C19H17FN2O3. The number of carbonyl (C=O) groups is 1. The van der Waals surface area contributed by atoms with Gasteiger partial charge in [0.2, 0.25) is 5.91 Å². The van der Waals surface area contributed by atoms with Gasteiger partial charge in [-0.2, -0.15) is 0 Å². The van der Waals surface area contributed by atoms with E-state index < -0.39 is 5.76 Å². The number of oxazole rings is 1. The van der Waals surface area contributed by atoms with Crippen LogP contribution in [0.15, 0.2) is 51.7 Å². The van der Waals surface area contributed by atoms with Crippen LogP contribution in [0.1, 0.15) is 17.5 Å². The molecule has 3 aromatic rings. The molecule has 2 aromatic carbocycles. The fraction of sp³-hybridized carbons (Fsp3) is 0.263. The molecule has 2 heterocycles. The molecule has 0 unspecified atom stereocenters. The molecule has 1 amide bonds. The summed E-state index contributed by atoms with van der Waals surface area (Å²) in [6, 6.07) is 12.1. The fourth-order valence-corrected chi connectivity index (χ4v) is 3.34. The van der Waals surface area contributed by atoms with Gasteiger partial charge in [-0.3, -0.25) is 9.36 Å². The number of hydrogen-bond donors (Lipinski definition) is 0. The summed E-state index contributed by atoms with van der Waals surface area (Å²) in [5, 5.41) is 0. The minimum atomic E-state index is -0.468. The molecule has 0 spiro atoms. The SMILES string of the molecule is O=C(CCn1c(=O)oc2ccccc21)N1CCc2cccc(F)c2C1. The van der Waals surface area contributed by atoms with E-state index in [9.17, 15) is 14.0 Å². The van der Waals surface area contributed by atoms with Gasteiger partial charge in [0.05, 0.1) is 5.52 Å². The summed E-state index contributed by atoms with van der Waals surface area (Å²) in [5.41, 5.74) is 2.73. The van der Waals surface area contributed by atoms with Crippen molar-refractivity contribution in [3.8, 4) is 0 Å². The zero-order chi connectivity index (χ0) is 17.4. The molecule has 0 saturated heterocycles. The largest absolute Gasteiger partial charge is 0.419 e. The molecule has 5 nitrogen and oxygen atoms in total. The number of amides is 1. The van der Waals surface area contributed by atoms with Gasteiger partial charge in [-0.05, 0) is 30.2 Å². The van der Waals surface area contributed by atoms with Crippen molar-refractivity contribution in [2.24, 2.45) is 0 Å². The van der Waals surface area contributed by atoms with E-state index in [1.807, 2.05) is 12.1 Å². The van der Waals surface area contributed by atoms with Crippen LogP contribution >= 0.6 is 0 Å². The number of hydrogen-bond acceptors (Lipinski definition) is 3. The maximum Gasteiger partial charge on any atom is 0.419 e. The second-order valence-corrected chi connectivity index (χ2v) is 6.18. The molecule has 128 valence electrons. The first-order valence-corrected chi connectivity index (χ1v) is 8.26. The topological polar surface area (TPSA) is 55.5 Å². The Hall–Kier alpha value is -2.89. The van der Waals surface area contributed by atoms with Gasteiger partial charge < -0.3 is 9.32 Å². The van der Waals surface area contributed by atoms with Gasteiger partial charge in [-0.15, -0.1) is 0 Å². The van der Waals surface area contributed by atoms with E-state index in [0.29, 0.717) is 29.6 Å². The average molecular weight is 340 g/mol. The van der Waals surface area contributed by atoms with E-state index >= 15 is 0 Å². The first-order valence-electron chi connectivity index (χ1n) is 8.26. The first kappa shape index (κ1) is 15.6. The molecule has 0 N–H and O–H groups in total. The van der Waals surface area contributed by atoms with Gasteiger partial charge >= 0.3 is 5.76 Å². The number of aromatic nitrogens is 1. The predicted octanol–water partition coefficient (Wildman–Crippen LogP) is 2.71. The van der Waals surface area contributed by atoms with Gasteiger partial charge in [-0.25, -0.2) is 9.18 Å². The van der Waals surface area contributed by atoms with Crippen molar-refractivity contribution in [1.29, 1.82) is 0 Å². The Kier molecular flexibility index (Phi) is 3.87. The monoisotopic (exact) mass is 340 g/mol. The van der Waals surface area contributed by atoms with Crippen molar-refractivity contribution < 1.29 is 13.6 Å². The maximum absolute atomic E-state index is 13.9. The molecule has 25 heavy (non-hydrogen) atoms. The van der Waals surface area contributed by atoms with Crippen LogP contribution in [0, 0.1) is 5.82 Å². The zero-order valence-electron chi connectivity index (χ0n) is 13.6. The number of aryl methyl sites for hydroxylation is 1. The third-order valence-electron chi connectivity index (χ3n) is 4.69. The third-order valence-corrected chi connectivity index (χ3v) is 4.69. The van der Waals surface area contributed by atoms with Crippen LogP contribution in [0.4, 0.5) is 4.39 Å². The Balaban J connectivity index is 1.49. The highest BCUT2D eigenvalue weighted by molar-refractivity contribution is 5.77. The van der Waals surface area contributed by atoms with Gasteiger partial charge in [0.1, 0.15) is 5.82 Å². The van der Waals surface area contributed by atoms with Crippen molar-refractivity contribution in [3.63, 3.8) is 0 Å². The maximum atomic E-state index is 13.9. The molecule has 0 radical (unpaired) electrons. The molecule has 1 aliphatic heterocycles. The quantitative estimate of drug-likeness (QED) is 0.737. The van der Waals surface area contributed by atoms with Gasteiger partial charge in [0.15, 0.2) is 5.58 Å². The Labute approximate surface area is 143 Å². The lowest BCUT2D eigenvalue weighted by Gasteiger charge is -2.29. The fourth-order valence-electron chi connectivity index (χ4n) is 3.34. The summed E-state index contributed by atoms with van der Waals surface area (Å²) in [6.45, 7) is 1.09. The second kappa shape index (κ2) is 6.20. The van der Waals surface area contributed by atoms with Crippen LogP contribution < -0.4 is 5.76 Å². The highest BCUT2D eigenvalue weighted by Gasteiger charge is 2.23. The molecule has 0 aliphatic carbocycles. The molecule has 1 aromatic heterocycles. The Morgan fingerprint density at radius 3 is 2.88 bits per heavy atom. The molecule has 1 aliphatic rings. The number of halogens is 1. The van der Waals surface area contributed by atoms with Crippen molar-refractivity contribution in [2.45, 2.75) is 25.9 Å². The average Bonchev–Trinajstić information content (AvgIpc) is 2.95. The summed E-state index contributed by atoms with van der Waals surface area (Å²) in [7, 11) is 0. The number of para-hydroxylation sites is 2. The summed E-state index contributed by atoms with van der Waals surface area (Å²) in [5.74, 6) is -0.831. The zero-order valence-corrected chi connectivity index (χ0v) is 13.6. The second-order valence-electron chi connectivity index (χ2n) is 6.18. The smallest absolute Gasteiger partial charge is 0.408 e. The molecule has 6 heteroatoms. The van der Waals surface area contributed by atoms with Gasteiger partial charge in [0, 0.05) is 31.6 Å². The standard InChI is InChI=1S/C19H17FN2O3/c20-15-5-3-4-13-8-10-21(12-14(13)15)18(23)9-11-22-16-6-1-2-7-17(16)25-19(22)24/h1-7H,8-12H2. The third kappa shape index (κ3) is 2.84. The van der Waals surface area contributed by atoms with Crippen molar-refractivity contribution >= 4 is 17.0 Å². The molecule has 4 rings (SSSR count). The Bertz CT molecular complexity index is 1010. The first-order chi connectivity index (χ1) is 12.1. The van der Waals surface area contributed by atoms with E-state index in [1.54, 1.807) is 29.2 Å². The summed E-state index contributed by atoms with van der Waals surface area (Å²) in [6.07, 6.45) is 0.820. The summed E-state index contributed by atoms with van der Waals surface area (Å²) in [4.78, 5) is 26.1. The molecule has 0 atom stereocenters.